The molecule has 0 spiro atoms. The molecule has 29 heavy (non-hydrogen) atoms. The van der Waals surface area contributed by atoms with Crippen molar-refractivity contribution in [2.45, 2.75) is 17.4 Å². The third-order valence-electron chi connectivity index (χ3n) is 4.72. The molecule has 0 amide bonds. The summed E-state index contributed by atoms with van der Waals surface area (Å²) >= 11 is 5.84. The molecule has 1 aliphatic rings. The summed E-state index contributed by atoms with van der Waals surface area (Å²) in [5.41, 5.74) is 1.36. The van der Waals surface area contributed by atoms with Crippen LogP contribution in [0.5, 0.6) is 0 Å². The van der Waals surface area contributed by atoms with Gasteiger partial charge in [-0.05, 0) is 30.7 Å². The van der Waals surface area contributed by atoms with Gasteiger partial charge in [-0.2, -0.15) is 5.10 Å². The molecule has 1 aliphatic heterocycles. The molecular formula is C19H18ClN3O4S2. The molecular weight excluding hydrogens is 434 g/mol. The zero-order valence-corrected chi connectivity index (χ0v) is 17.6. The summed E-state index contributed by atoms with van der Waals surface area (Å²) in [5, 5.41) is 4.95. The van der Waals surface area contributed by atoms with Crippen LogP contribution in [0, 0.1) is 0 Å². The standard InChI is InChI=1S/C19H18ClN3O4S2/c20-15-6-8-17(9-7-15)29(26,27)22-19-12-18(14-4-2-1-3-5-14)21-23(19)16-10-11-28(24,25)13-16/h1-9,12,16,22H,10-11,13H2. The predicted molar refractivity (Wildman–Crippen MR) is 112 cm³/mol. The molecule has 2 aromatic carbocycles. The van der Waals surface area contributed by atoms with E-state index >= 15 is 0 Å². The fraction of sp³-hybridized carbons (Fsp3) is 0.211. The highest BCUT2D eigenvalue weighted by Gasteiger charge is 2.32. The minimum Gasteiger partial charge on any atom is -0.264 e. The maximum absolute atomic E-state index is 12.8. The lowest BCUT2D eigenvalue weighted by atomic mass is 10.2. The lowest BCUT2D eigenvalue weighted by molar-refractivity contribution is 0.507. The number of halogens is 1. The Morgan fingerprint density at radius 1 is 1.07 bits per heavy atom. The summed E-state index contributed by atoms with van der Waals surface area (Å²) in [6.45, 7) is 0. The van der Waals surface area contributed by atoms with Gasteiger partial charge in [-0.15, -0.1) is 0 Å². The van der Waals surface area contributed by atoms with Gasteiger partial charge in [0.2, 0.25) is 0 Å². The van der Waals surface area contributed by atoms with Crippen LogP contribution >= 0.6 is 11.6 Å². The molecule has 1 aromatic heterocycles. The van der Waals surface area contributed by atoms with E-state index in [-0.39, 0.29) is 22.2 Å². The molecule has 152 valence electrons. The first-order valence-corrected chi connectivity index (χ1v) is 12.6. The van der Waals surface area contributed by atoms with Crippen LogP contribution in [0.15, 0.2) is 65.6 Å². The molecule has 0 aliphatic carbocycles. The maximum Gasteiger partial charge on any atom is 0.263 e. The van der Waals surface area contributed by atoms with Gasteiger partial charge in [-0.3, -0.25) is 4.72 Å². The smallest absolute Gasteiger partial charge is 0.263 e. The van der Waals surface area contributed by atoms with E-state index in [0.717, 1.165) is 5.56 Å². The molecule has 0 radical (unpaired) electrons. The number of anilines is 1. The van der Waals surface area contributed by atoms with E-state index in [0.29, 0.717) is 17.1 Å². The van der Waals surface area contributed by atoms with Crippen LogP contribution in [-0.4, -0.2) is 38.1 Å². The topological polar surface area (TPSA) is 98.1 Å². The molecule has 10 heteroatoms. The van der Waals surface area contributed by atoms with Crippen LogP contribution in [-0.2, 0) is 19.9 Å². The van der Waals surface area contributed by atoms with Gasteiger partial charge in [-0.25, -0.2) is 21.5 Å². The van der Waals surface area contributed by atoms with E-state index in [1.165, 1.54) is 28.9 Å². The molecule has 0 bridgehead atoms. The second-order valence-electron chi connectivity index (χ2n) is 6.84. The monoisotopic (exact) mass is 451 g/mol. The molecule has 1 fully saturated rings. The van der Waals surface area contributed by atoms with Crippen molar-refractivity contribution >= 4 is 37.3 Å². The van der Waals surface area contributed by atoms with E-state index in [1.807, 2.05) is 30.3 Å². The summed E-state index contributed by atoms with van der Waals surface area (Å²) < 4.78 is 53.6. The lowest BCUT2D eigenvalue weighted by Crippen LogP contribution is -2.19. The van der Waals surface area contributed by atoms with Crippen LogP contribution < -0.4 is 4.72 Å². The minimum absolute atomic E-state index is 0.0509. The van der Waals surface area contributed by atoms with Crippen molar-refractivity contribution in [2.24, 2.45) is 0 Å². The van der Waals surface area contributed by atoms with Crippen molar-refractivity contribution in [1.29, 1.82) is 0 Å². The lowest BCUT2D eigenvalue weighted by Gasteiger charge is -2.14. The fourth-order valence-corrected chi connectivity index (χ4v) is 6.14. The Kier molecular flexibility index (Phi) is 5.14. The number of benzene rings is 2. The maximum atomic E-state index is 12.8. The molecule has 0 saturated carbocycles. The highest BCUT2D eigenvalue weighted by atomic mass is 35.5. The first-order chi connectivity index (χ1) is 13.7. The van der Waals surface area contributed by atoms with Crippen LogP contribution in [0.3, 0.4) is 0 Å². The highest BCUT2D eigenvalue weighted by Crippen LogP contribution is 2.31. The van der Waals surface area contributed by atoms with Crippen molar-refractivity contribution in [1.82, 2.24) is 9.78 Å². The van der Waals surface area contributed by atoms with Crippen molar-refractivity contribution in [2.75, 3.05) is 16.2 Å². The summed E-state index contributed by atoms with van der Waals surface area (Å²) in [6, 6.07) is 16.3. The average Bonchev–Trinajstić information content (AvgIpc) is 3.25. The molecule has 4 rings (SSSR count). The molecule has 1 N–H and O–H groups in total. The zero-order chi connectivity index (χ0) is 20.6. The Labute approximate surface area is 174 Å². The number of hydrogen-bond acceptors (Lipinski definition) is 5. The zero-order valence-electron chi connectivity index (χ0n) is 15.2. The number of nitrogens with one attached hydrogen (secondary N) is 1. The average molecular weight is 452 g/mol. The summed E-state index contributed by atoms with van der Waals surface area (Å²) in [4.78, 5) is 0.0509. The van der Waals surface area contributed by atoms with Gasteiger partial charge < -0.3 is 0 Å². The second kappa shape index (κ2) is 7.47. The number of nitrogens with zero attached hydrogens (tertiary/aromatic N) is 2. The van der Waals surface area contributed by atoms with Crippen LogP contribution in [0.25, 0.3) is 11.3 Å². The Morgan fingerprint density at radius 2 is 1.76 bits per heavy atom. The largest absolute Gasteiger partial charge is 0.264 e. The quantitative estimate of drug-likeness (QED) is 0.641. The van der Waals surface area contributed by atoms with Crippen LogP contribution in [0.1, 0.15) is 12.5 Å². The van der Waals surface area contributed by atoms with Gasteiger partial charge >= 0.3 is 0 Å². The molecule has 7 nitrogen and oxygen atoms in total. The third-order valence-corrected chi connectivity index (χ3v) is 8.10. The van der Waals surface area contributed by atoms with E-state index in [1.54, 1.807) is 6.07 Å². The number of sulfone groups is 1. The number of rotatable bonds is 5. The summed E-state index contributed by atoms with van der Waals surface area (Å²) in [6.07, 6.45) is 0.383. The first kappa shape index (κ1) is 19.9. The van der Waals surface area contributed by atoms with Gasteiger partial charge in [0, 0.05) is 16.7 Å². The Hall–Kier alpha value is -2.36. The van der Waals surface area contributed by atoms with Gasteiger partial charge in [0.05, 0.1) is 28.1 Å². The van der Waals surface area contributed by atoms with Crippen LogP contribution in [0.4, 0.5) is 5.82 Å². The van der Waals surface area contributed by atoms with Gasteiger partial charge in [0.1, 0.15) is 5.82 Å². The van der Waals surface area contributed by atoms with E-state index in [2.05, 4.69) is 9.82 Å². The summed E-state index contributed by atoms with van der Waals surface area (Å²) in [7, 11) is -7.07. The van der Waals surface area contributed by atoms with Crippen molar-refractivity contribution in [3.05, 3.63) is 65.7 Å². The van der Waals surface area contributed by atoms with E-state index < -0.39 is 25.9 Å². The molecule has 3 aromatic rings. The van der Waals surface area contributed by atoms with Gasteiger partial charge in [-0.1, -0.05) is 41.9 Å². The van der Waals surface area contributed by atoms with E-state index in [4.69, 9.17) is 11.6 Å². The minimum atomic E-state index is -3.90. The van der Waals surface area contributed by atoms with Crippen molar-refractivity contribution in [3.63, 3.8) is 0 Å². The normalized spacial score (nSPS) is 18.6. The predicted octanol–water partition coefficient (Wildman–Crippen LogP) is 3.36. The number of aromatic nitrogens is 2. The number of hydrogen-bond donors (Lipinski definition) is 1. The first-order valence-electron chi connectivity index (χ1n) is 8.87. The van der Waals surface area contributed by atoms with Gasteiger partial charge in [0.25, 0.3) is 10.0 Å². The summed E-state index contributed by atoms with van der Waals surface area (Å²) in [5.74, 6) is 0.209. The van der Waals surface area contributed by atoms with E-state index in [9.17, 15) is 16.8 Å². The second-order valence-corrected chi connectivity index (χ2v) is 11.2. The Morgan fingerprint density at radius 3 is 2.38 bits per heavy atom. The third kappa shape index (κ3) is 4.31. The molecule has 1 saturated heterocycles. The highest BCUT2D eigenvalue weighted by molar-refractivity contribution is 7.92. The van der Waals surface area contributed by atoms with Crippen LogP contribution in [0.2, 0.25) is 5.02 Å². The van der Waals surface area contributed by atoms with Crippen molar-refractivity contribution in [3.8, 4) is 11.3 Å². The van der Waals surface area contributed by atoms with Crippen molar-refractivity contribution < 1.29 is 16.8 Å². The molecule has 1 unspecified atom stereocenters. The Bertz CT molecular complexity index is 1240. The fourth-order valence-electron chi connectivity index (χ4n) is 3.28. The molecule has 1 atom stereocenters. The number of sulfonamides is 1. The molecule has 2 heterocycles. The SMILES string of the molecule is O=S1(=O)CCC(n2nc(-c3ccccc3)cc2NS(=O)(=O)c2ccc(Cl)cc2)C1. The Balaban J connectivity index is 1.75. The van der Waals surface area contributed by atoms with Gasteiger partial charge in [0.15, 0.2) is 9.84 Å².